The zero-order chi connectivity index (χ0) is 23.8. The van der Waals surface area contributed by atoms with Crippen molar-refractivity contribution in [2.45, 2.75) is 38.8 Å². The minimum Gasteiger partial charge on any atom is -0.386 e. The summed E-state index contributed by atoms with van der Waals surface area (Å²) in [6.07, 6.45) is 1.71. The van der Waals surface area contributed by atoms with Crippen LogP contribution in [0.3, 0.4) is 0 Å². The van der Waals surface area contributed by atoms with E-state index >= 15 is 0 Å². The monoisotopic (exact) mass is 439 g/mol. The molecule has 3 N–H and O–H groups in total. The lowest BCUT2D eigenvalue weighted by Gasteiger charge is -2.17. The first-order valence-electron chi connectivity index (χ1n) is 10.6. The van der Waals surface area contributed by atoms with Gasteiger partial charge in [-0.25, -0.2) is 9.97 Å². The van der Waals surface area contributed by atoms with Crippen molar-refractivity contribution in [3.63, 3.8) is 0 Å². The largest absolute Gasteiger partial charge is 0.386 e. The van der Waals surface area contributed by atoms with Crippen molar-refractivity contribution in [1.29, 1.82) is 5.26 Å². The van der Waals surface area contributed by atoms with Crippen LogP contribution < -0.4 is 5.32 Å². The molecule has 0 aliphatic rings. The summed E-state index contributed by atoms with van der Waals surface area (Å²) in [5.41, 5.74) is 3.23. The van der Waals surface area contributed by atoms with Gasteiger partial charge in [0.25, 0.3) is 5.91 Å². The number of amides is 1. The number of aromatic nitrogens is 3. The molecule has 4 aromatic rings. The van der Waals surface area contributed by atoms with E-state index in [4.69, 9.17) is 5.26 Å². The van der Waals surface area contributed by atoms with E-state index in [9.17, 15) is 9.90 Å². The zero-order valence-electron chi connectivity index (χ0n) is 19.0. The van der Waals surface area contributed by atoms with Crippen LogP contribution in [0.4, 0.5) is 0 Å². The van der Waals surface area contributed by atoms with E-state index in [2.05, 4.69) is 20.3 Å². The van der Waals surface area contributed by atoms with Gasteiger partial charge in [-0.15, -0.1) is 0 Å². The molecule has 166 valence electrons. The minimum atomic E-state index is -0.984. The molecule has 3 aromatic heterocycles. The lowest BCUT2D eigenvalue weighted by Crippen LogP contribution is -2.42. The quantitative estimate of drug-likeness (QED) is 0.422. The highest BCUT2D eigenvalue weighted by molar-refractivity contribution is 5.94. The van der Waals surface area contributed by atoms with Crippen LogP contribution >= 0.6 is 0 Å². The van der Waals surface area contributed by atoms with Crippen LogP contribution in [-0.4, -0.2) is 31.5 Å². The Labute approximate surface area is 192 Å². The number of hydrogen-bond donors (Lipinski definition) is 3. The summed E-state index contributed by atoms with van der Waals surface area (Å²) in [5.74, 6) is -0.407. The molecule has 0 spiro atoms. The number of nitrogens with one attached hydrogen (secondary N) is 2. The number of aromatic amines is 1. The summed E-state index contributed by atoms with van der Waals surface area (Å²) in [7, 11) is 0. The Balaban J connectivity index is 1.63. The van der Waals surface area contributed by atoms with Crippen molar-refractivity contribution < 1.29 is 9.90 Å². The Bertz CT molecular complexity index is 1370. The van der Waals surface area contributed by atoms with Gasteiger partial charge < -0.3 is 15.4 Å². The van der Waals surface area contributed by atoms with Crippen LogP contribution in [0.25, 0.3) is 33.5 Å². The summed E-state index contributed by atoms with van der Waals surface area (Å²) >= 11 is 0. The number of nitriles is 1. The summed E-state index contributed by atoms with van der Waals surface area (Å²) in [6.45, 7) is 6.78. The molecule has 7 nitrogen and oxygen atoms in total. The molecule has 0 atom stereocenters. The predicted octanol–water partition coefficient (Wildman–Crippen LogP) is 4.55. The third kappa shape index (κ3) is 4.76. The number of rotatable bonds is 5. The molecule has 0 aliphatic carbocycles. The average molecular weight is 440 g/mol. The van der Waals surface area contributed by atoms with Crippen LogP contribution in [0, 0.1) is 11.3 Å². The first-order valence-corrected chi connectivity index (χ1v) is 10.6. The SMILES string of the molecule is CC(C)(C#N)NC(=O)c1cccc(-c2cnc3[nH]c(-c4ccc(C(C)(C)O)cc4)cc3c2)n1. The molecule has 0 fully saturated rings. The van der Waals surface area contributed by atoms with Crippen LogP contribution in [0.2, 0.25) is 0 Å². The van der Waals surface area contributed by atoms with E-state index in [1.54, 1.807) is 46.0 Å². The second kappa shape index (κ2) is 8.15. The highest BCUT2D eigenvalue weighted by Crippen LogP contribution is 2.28. The van der Waals surface area contributed by atoms with Crippen LogP contribution in [-0.2, 0) is 5.60 Å². The fourth-order valence-electron chi connectivity index (χ4n) is 3.47. The number of aliphatic hydroxyl groups is 1. The van der Waals surface area contributed by atoms with Gasteiger partial charge in [0.15, 0.2) is 0 Å². The van der Waals surface area contributed by atoms with Crippen molar-refractivity contribution in [3.05, 3.63) is 72.1 Å². The maximum atomic E-state index is 12.5. The second-order valence-corrected chi connectivity index (χ2v) is 9.08. The van der Waals surface area contributed by atoms with Gasteiger partial charge in [-0.3, -0.25) is 4.79 Å². The topological polar surface area (TPSA) is 115 Å². The van der Waals surface area contributed by atoms with E-state index in [1.165, 1.54) is 0 Å². The number of carbonyl (C=O) groups is 1. The fourth-order valence-corrected chi connectivity index (χ4v) is 3.47. The number of fused-ring (bicyclic) bond motifs is 1. The van der Waals surface area contributed by atoms with Gasteiger partial charge in [0.2, 0.25) is 0 Å². The highest BCUT2D eigenvalue weighted by Gasteiger charge is 2.21. The molecule has 1 amide bonds. The number of hydrogen-bond acceptors (Lipinski definition) is 5. The number of nitrogens with zero attached hydrogens (tertiary/aromatic N) is 3. The molecule has 0 bridgehead atoms. The van der Waals surface area contributed by atoms with E-state index in [1.807, 2.05) is 48.5 Å². The van der Waals surface area contributed by atoms with Gasteiger partial charge in [0.05, 0.1) is 17.4 Å². The van der Waals surface area contributed by atoms with Crippen LogP contribution in [0.1, 0.15) is 43.7 Å². The maximum absolute atomic E-state index is 12.5. The Morgan fingerprint density at radius 2 is 1.79 bits per heavy atom. The predicted molar refractivity (Wildman–Crippen MR) is 127 cm³/mol. The standard InChI is InChI=1S/C26H25N5O2/c1-25(2,15-27)31-24(32)21-7-5-6-20(29-21)18-12-17-13-22(30-23(17)28-14-18)16-8-10-19(11-9-16)26(3,4)33/h5-14,33H,1-4H3,(H,28,30)(H,31,32). The Morgan fingerprint density at radius 1 is 1.06 bits per heavy atom. The Hall–Kier alpha value is -4.02. The number of carbonyl (C=O) groups excluding carboxylic acids is 1. The molecule has 33 heavy (non-hydrogen) atoms. The van der Waals surface area contributed by atoms with E-state index < -0.39 is 17.0 Å². The molecule has 3 heterocycles. The summed E-state index contributed by atoms with van der Waals surface area (Å²) in [6, 6.07) is 19.0. The lowest BCUT2D eigenvalue weighted by molar-refractivity contribution is 0.0786. The maximum Gasteiger partial charge on any atom is 0.271 e. The molecular formula is C26H25N5O2. The lowest BCUT2D eigenvalue weighted by atomic mass is 9.97. The molecule has 0 aliphatic heterocycles. The molecule has 1 aromatic carbocycles. The van der Waals surface area contributed by atoms with Crippen LogP contribution in [0.5, 0.6) is 0 Å². The van der Waals surface area contributed by atoms with Gasteiger partial charge in [-0.1, -0.05) is 30.3 Å². The molecule has 0 unspecified atom stereocenters. The third-order valence-electron chi connectivity index (χ3n) is 5.36. The number of benzene rings is 1. The summed E-state index contributed by atoms with van der Waals surface area (Å²) in [5, 5.41) is 22.9. The molecular weight excluding hydrogens is 414 g/mol. The van der Waals surface area contributed by atoms with Crippen molar-refractivity contribution in [3.8, 4) is 28.6 Å². The molecule has 0 radical (unpaired) electrons. The second-order valence-electron chi connectivity index (χ2n) is 9.08. The summed E-state index contributed by atoms with van der Waals surface area (Å²) < 4.78 is 0. The van der Waals surface area contributed by atoms with Crippen LogP contribution in [0.15, 0.2) is 60.8 Å². The van der Waals surface area contributed by atoms with Gasteiger partial charge >= 0.3 is 0 Å². The minimum absolute atomic E-state index is 0.234. The van der Waals surface area contributed by atoms with E-state index in [-0.39, 0.29) is 5.69 Å². The van der Waals surface area contributed by atoms with E-state index in [0.717, 1.165) is 33.4 Å². The van der Waals surface area contributed by atoms with Crippen molar-refractivity contribution in [1.82, 2.24) is 20.3 Å². The Morgan fingerprint density at radius 3 is 2.45 bits per heavy atom. The van der Waals surface area contributed by atoms with Crippen molar-refractivity contribution in [2.75, 3.05) is 0 Å². The first kappa shape index (κ1) is 22.2. The smallest absolute Gasteiger partial charge is 0.271 e. The van der Waals surface area contributed by atoms with E-state index in [0.29, 0.717) is 5.69 Å². The van der Waals surface area contributed by atoms with Gasteiger partial charge in [0.1, 0.15) is 16.9 Å². The zero-order valence-corrected chi connectivity index (χ0v) is 19.0. The van der Waals surface area contributed by atoms with Gasteiger partial charge in [0, 0.05) is 22.8 Å². The third-order valence-corrected chi connectivity index (χ3v) is 5.36. The van der Waals surface area contributed by atoms with Crippen molar-refractivity contribution in [2.24, 2.45) is 0 Å². The highest BCUT2D eigenvalue weighted by atomic mass is 16.3. The molecule has 0 saturated heterocycles. The first-order chi connectivity index (χ1) is 15.6. The average Bonchev–Trinajstić information content (AvgIpc) is 3.22. The van der Waals surface area contributed by atoms with Gasteiger partial charge in [-0.2, -0.15) is 5.26 Å². The molecule has 4 rings (SSSR count). The summed E-state index contributed by atoms with van der Waals surface area (Å²) in [4.78, 5) is 24.8. The van der Waals surface area contributed by atoms with Crippen molar-refractivity contribution >= 4 is 16.9 Å². The molecule has 0 saturated carbocycles. The number of H-pyrrole nitrogens is 1. The molecule has 7 heteroatoms. The Kier molecular flexibility index (Phi) is 5.48. The fraction of sp³-hybridized carbons (Fsp3) is 0.231. The van der Waals surface area contributed by atoms with Gasteiger partial charge in [-0.05, 0) is 63.1 Å². The normalized spacial score (nSPS) is 11.9. The number of pyridine rings is 2.